The van der Waals surface area contributed by atoms with Crippen molar-refractivity contribution in [2.75, 3.05) is 7.05 Å². The summed E-state index contributed by atoms with van der Waals surface area (Å²) in [7, 11) is 0.0943. The van der Waals surface area contributed by atoms with Crippen LogP contribution in [-0.2, 0) is 26.2 Å². The molecule has 4 rings (SSSR count). The second kappa shape index (κ2) is 11.9. The number of fused-ring (bicyclic) bond motifs is 4. The average molecular weight is 502 g/mol. The van der Waals surface area contributed by atoms with Crippen molar-refractivity contribution in [3.63, 3.8) is 0 Å². The van der Waals surface area contributed by atoms with E-state index >= 15 is 0 Å². The molecule has 34 heavy (non-hydrogen) atoms. The number of rotatable bonds is 4. The van der Waals surface area contributed by atoms with Gasteiger partial charge in [-0.2, -0.15) is 0 Å². The van der Waals surface area contributed by atoms with Crippen molar-refractivity contribution in [3.05, 3.63) is 114 Å². The Morgan fingerprint density at radius 1 is 1.00 bits per heavy atom. The number of nitrogens with zero attached hydrogens (tertiary/aromatic N) is 1. The van der Waals surface area contributed by atoms with Crippen molar-refractivity contribution in [1.82, 2.24) is 4.57 Å². The summed E-state index contributed by atoms with van der Waals surface area (Å²) in [5.74, 6) is 0.159. The SMILES string of the molecule is C=C1c2ccccc2C2=C(c3ccccc31)C(C[Si](=O)N(C)C(C)(C)C)C=C2.C=CC=CC.[Ti+2]. The van der Waals surface area contributed by atoms with Crippen LogP contribution in [0, 0.1) is 5.92 Å². The van der Waals surface area contributed by atoms with E-state index in [0.29, 0.717) is 6.04 Å². The molecule has 0 aromatic heterocycles. The first-order valence-corrected chi connectivity index (χ1v) is 13.1. The molecule has 172 valence electrons. The van der Waals surface area contributed by atoms with Crippen molar-refractivity contribution in [2.45, 2.75) is 39.3 Å². The Kier molecular flexibility index (Phi) is 9.75. The molecule has 4 heteroatoms. The third-order valence-corrected chi connectivity index (χ3v) is 8.55. The number of benzene rings is 2. The molecule has 0 N–H and O–H groups in total. The molecule has 0 heterocycles. The smallest absolute Gasteiger partial charge is 0.375 e. The van der Waals surface area contributed by atoms with Crippen LogP contribution in [0.4, 0.5) is 0 Å². The van der Waals surface area contributed by atoms with Crippen molar-refractivity contribution < 1.29 is 26.2 Å². The van der Waals surface area contributed by atoms with E-state index in [1.807, 2.05) is 30.7 Å². The minimum atomic E-state index is -1.89. The Morgan fingerprint density at radius 3 is 2.03 bits per heavy atom. The van der Waals surface area contributed by atoms with Crippen molar-refractivity contribution in [3.8, 4) is 0 Å². The van der Waals surface area contributed by atoms with Gasteiger partial charge in [0, 0.05) is 24.5 Å². The van der Waals surface area contributed by atoms with Gasteiger partial charge in [-0.25, -0.2) is 0 Å². The molecule has 2 aliphatic carbocycles. The normalized spacial score (nSPS) is 15.9. The summed E-state index contributed by atoms with van der Waals surface area (Å²) >= 11 is 0. The zero-order valence-corrected chi connectivity index (χ0v) is 23.6. The maximum absolute atomic E-state index is 13.2. The summed E-state index contributed by atoms with van der Waals surface area (Å²) in [5, 5.41) is 0. The van der Waals surface area contributed by atoms with Gasteiger partial charge in [0.15, 0.2) is 0 Å². The summed E-state index contributed by atoms with van der Waals surface area (Å²) in [4.78, 5) is 0. The van der Waals surface area contributed by atoms with E-state index in [0.717, 1.165) is 5.57 Å². The van der Waals surface area contributed by atoms with Crippen molar-refractivity contribution in [2.24, 2.45) is 5.92 Å². The topological polar surface area (TPSA) is 20.3 Å². The first-order chi connectivity index (χ1) is 15.7. The number of hydrogen-bond donors (Lipinski definition) is 0. The molecule has 0 fully saturated rings. The maximum atomic E-state index is 13.2. The van der Waals surface area contributed by atoms with E-state index in [2.05, 4.69) is 94.6 Å². The predicted molar refractivity (Wildman–Crippen MR) is 144 cm³/mol. The van der Waals surface area contributed by atoms with Gasteiger partial charge >= 0.3 is 30.6 Å². The molecule has 2 aliphatic rings. The quantitative estimate of drug-likeness (QED) is 0.318. The summed E-state index contributed by atoms with van der Waals surface area (Å²) < 4.78 is 15.2. The van der Waals surface area contributed by atoms with E-state index in [1.165, 1.54) is 33.4 Å². The van der Waals surface area contributed by atoms with E-state index in [4.69, 9.17) is 0 Å². The first-order valence-electron chi connectivity index (χ1n) is 11.5. The molecule has 0 spiro atoms. The van der Waals surface area contributed by atoms with Crippen molar-refractivity contribution in [1.29, 1.82) is 0 Å². The van der Waals surface area contributed by atoms with Gasteiger partial charge in [-0.05, 0) is 66.7 Å². The fourth-order valence-corrected chi connectivity index (χ4v) is 6.03. The zero-order valence-electron chi connectivity index (χ0n) is 21.1. The average Bonchev–Trinajstić information content (AvgIpc) is 3.17. The van der Waals surface area contributed by atoms with Crippen LogP contribution in [0.5, 0.6) is 0 Å². The Hall–Kier alpha value is -2.33. The second-order valence-corrected chi connectivity index (χ2v) is 11.3. The molecule has 0 amide bonds. The van der Waals surface area contributed by atoms with Crippen LogP contribution < -0.4 is 0 Å². The van der Waals surface area contributed by atoms with Gasteiger partial charge in [0.25, 0.3) is 0 Å². The summed E-state index contributed by atoms with van der Waals surface area (Å²) in [6.45, 7) is 16.2. The fraction of sp³-hybridized carbons (Fsp3) is 0.267. The van der Waals surface area contributed by atoms with Crippen LogP contribution >= 0.6 is 0 Å². The Bertz CT molecular complexity index is 1170. The number of hydrogen-bond acceptors (Lipinski definition) is 1. The molecule has 0 saturated heterocycles. The fourth-order valence-electron chi connectivity index (χ4n) is 4.29. The van der Waals surface area contributed by atoms with Gasteiger partial charge in [-0.1, -0.05) is 92.1 Å². The van der Waals surface area contributed by atoms with Gasteiger partial charge in [0.1, 0.15) is 0 Å². The van der Waals surface area contributed by atoms with Gasteiger partial charge in [0.05, 0.1) is 0 Å². The van der Waals surface area contributed by atoms with E-state index < -0.39 is 8.84 Å². The van der Waals surface area contributed by atoms with Gasteiger partial charge in [-0.15, -0.1) is 0 Å². The van der Waals surface area contributed by atoms with Crippen LogP contribution in [0.3, 0.4) is 0 Å². The van der Waals surface area contributed by atoms with Crippen LogP contribution in [-0.4, -0.2) is 26.0 Å². The third-order valence-electron chi connectivity index (χ3n) is 6.34. The summed E-state index contributed by atoms with van der Waals surface area (Å²) in [5.41, 5.74) is 8.32. The van der Waals surface area contributed by atoms with Gasteiger partial charge in [0.2, 0.25) is 0 Å². The van der Waals surface area contributed by atoms with Crippen LogP contribution in [0.1, 0.15) is 49.9 Å². The Morgan fingerprint density at radius 2 is 1.53 bits per heavy atom. The molecule has 2 aromatic carbocycles. The second-order valence-electron chi connectivity index (χ2n) is 9.45. The van der Waals surface area contributed by atoms with E-state index in [1.54, 1.807) is 6.08 Å². The summed E-state index contributed by atoms with van der Waals surface area (Å²) in [6, 6.07) is 17.7. The van der Waals surface area contributed by atoms with E-state index in [9.17, 15) is 4.46 Å². The van der Waals surface area contributed by atoms with Crippen LogP contribution in [0.2, 0.25) is 6.04 Å². The third kappa shape index (κ3) is 5.83. The minimum absolute atomic E-state index is 0. The number of allylic oxidation sites excluding steroid dienone is 7. The molecule has 1 unspecified atom stereocenters. The molecular formula is C30H35NOSiTi+2. The Balaban J connectivity index is 0.000000619. The molecule has 0 aliphatic heterocycles. The molecular weight excluding hydrogens is 466 g/mol. The van der Waals surface area contributed by atoms with E-state index in [-0.39, 0.29) is 33.2 Å². The van der Waals surface area contributed by atoms with Crippen LogP contribution in [0.25, 0.3) is 16.7 Å². The zero-order chi connectivity index (χ0) is 24.2. The van der Waals surface area contributed by atoms with Gasteiger partial charge in [-0.3, -0.25) is 0 Å². The standard InChI is InChI=1S/C25H27NOSi.C5H8.Ti/c1-17-19-10-6-8-12-21(19)23-15-14-18(16-28(27)26(5)25(2,3)4)24(23)22-13-9-7-11-20(17)22;1-3-5-4-2;/h6-15,18H,1,16H2,2-5H3;3-5H,1H2,2H3;/q;;+2. The van der Waals surface area contributed by atoms with Gasteiger partial charge < -0.3 is 9.03 Å². The molecule has 2 nitrogen and oxygen atoms in total. The molecule has 0 saturated carbocycles. The van der Waals surface area contributed by atoms with Crippen molar-refractivity contribution >= 4 is 25.6 Å². The largest absolute Gasteiger partial charge is 2.00 e. The monoisotopic (exact) mass is 501 g/mol. The molecule has 1 atom stereocenters. The maximum Gasteiger partial charge on any atom is 2.00 e. The first kappa shape index (κ1) is 27.9. The minimum Gasteiger partial charge on any atom is -0.375 e. The van der Waals surface area contributed by atoms with Crippen LogP contribution in [0.15, 0.2) is 92.1 Å². The Labute approximate surface area is 222 Å². The summed E-state index contributed by atoms with van der Waals surface area (Å²) in [6.07, 6.45) is 10.0. The molecule has 2 aromatic rings. The molecule has 0 bridgehead atoms. The predicted octanol–water partition coefficient (Wildman–Crippen LogP) is 7.55. The molecule has 0 radical (unpaired) electrons.